The highest BCUT2D eigenvalue weighted by Gasteiger charge is 2.13. The van der Waals surface area contributed by atoms with Gasteiger partial charge < -0.3 is 15.2 Å². The fourth-order valence-electron chi connectivity index (χ4n) is 2.53. The number of nitrogens with zero attached hydrogens (tertiary/aromatic N) is 3. The molecule has 0 atom stereocenters. The van der Waals surface area contributed by atoms with Crippen LogP contribution in [-0.4, -0.2) is 32.3 Å². The fourth-order valence-corrected chi connectivity index (χ4v) is 3.92. The van der Waals surface area contributed by atoms with Crippen molar-refractivity contribution in [2.45, 2.75) is 11.7 Å². The summed E-state index contributed by atoms with van der Waals surface area (Å²) in [6.45, 7) is 0.183. The van der Waals surface area contributed by atoms with E-state index in [0.717, 1.165) is 5.56 Å². The molecule has 0 radical (unpaired) electrons. The summed E-state index contributed by atoms with van der Waals surface area (Å²) in [6.07, 6.45) is 3.04. The summed E-state index contributed by atoms with van der Waals surface area (Å²) in [5.41, 5.74) is 1.23. The van der Waals surface area contributed by atoms with Crippen LogP contribution in [0.2, 0.25) is 15.1 Å². The van der Waals surface area contributed by atoms with Gasteiger partial charge in [0.2, 0.25) is 11.8 Å². The van der Waals surface area contributed by atoms with Crippen LogP contribution in [0, 0.1) is 0 Å². The van der Waals surface area contributed by atoms with Crippen molar-refractivity contribution in [3.63, 3.8) is 0 Å². The summed E-state index contributed by atoms with van der Waals surface area (Å²) in [5, 5.41) is 15.6. The number of carbonyl (C=O) groups is 2. The van der Waals surface area contributed by atoms with Crippen molar-refractivity contribution in [1.29, 1.82) is 0 Å². The van der Waals surface area contributed by atoms with Crippen molar-refractivity contribution in [3.8, 4) is 0 Å². The van der Waals surface area contributed by atoms with Crippen molar-refractivity contribution in [2.75, 3.05) is 11.1 Å². The number of benzene rings is 2. The second-order valence-corrected chi connectivity index (χ2v) is 8.68. The average molecular weight is 511 g/mol. The van der Waals surface area contributed by atoms with E-state index in [1.54, 1.807) is 42.0 Å². The van der Waals surface area contributed by atoms with Crippen LogP contribution in [0.4, 0.5) is 5.69 Å². The average Bonchev–Trinajstić information content (AvgIpc) is 3.11. The van der Waals surface area contributed by atoms with E-state index in [2.05, 4.69) is 20.8 Å². The summed E-state index contributed by atoms with van der Waals surface area (Å²) in [4.78, 5) is 24.3. The minimum Gasteiger partial charge on any atom is -0.345 e. The molecule has 166 valence electrons. The Balaban J connectivity index is 1.50. The number of amides is 2. The van der Waals surface area contributed by atoms with E-state index in [-0.39, 0.29) is 24.1 Å². The van der Waals surface area contributed by atoms with Gasteiger partial charge in [-0.25, -0.2) is 0 Å². The van der Waals surface area contributed by atoms with Crippen molar-refractivity contribution < 1.29 is 9.59 Å². The minimum atomic E-state index is -0.290. The molecule has 1 heterocycles. The fraction of sp³-hybridized carbons (Fsp3) is 0.143. The van der Waals surface area contributed by atoms with Gasteiger partial charge in [-0.2, -0.15) is 0 Å². The van der Waals surface area contributed by atoms with Gasteiger partial charge in [-0.1, -0.05) is 64.8 Å². The summed E-state index contributed by atoms with van der Waals surface area (Å²) in [5.74, 6) is 0.119. The van der Waals surface area contributed by atoms with Crippen molar-refractivity contribution >= 4 is 70.1 Å². The normalized spacial score (nSPS) is 11.0. The molecule has 2 aromatic carbocycles. The lowest BCUT2D eigenvalue weighted by Gasteiger charge is -2.07. The first-order valence-corrected chi connectivity index (χ1v) is 11.4. The van der Waals surface area contributed by atoms with Crippen LogP contribution < -0.4 is 10.6 Å². The van der Waals surface area contributed by atoms with Crippen LogP contribution in [0.25, 0.3) is 6.08 Å². The Morgan fingerprint density at radius 2 is 1.88 bits per heavy atom. The van der Waals surface area contributed by atoms with Crippen LogP contribution in [0.15, 0.2) is 53.7 Å². The molecule has 32 heavy (non-hydrogen) atoms. The quantitative estimate of drug-likeness (QED) is 0.334. The van der Waals surface area contributed by atoms with Gasteiger partial charge in [-0.15, -0.1) is 10.2 Å². The second-order valence-electron chi connectivity index (χ2n) is 6.49. The van der Waals surface area contributed by atoms with Gasteiger partial charge in [0.15, 0.2) is 11.0 Å². The largest absolute Gasteiger partial charge is 0.345 e. The van der Waals surface area contributed by atoms with E-state index in [1.807, 2.05) is 18.2 Å². The number of nitrogens with one attached hydrogen (secondary N) is 2. The van der Waals surface area contributed by atoms with Crippen LogP contribution in [0.1, 0.15) is 11.4 Å². The smallest absolute Gasteiger partial charge is 0.244 e. The number of thioether (sulfide) groups is 1. The van der Waals surface area contributed by atoms with Gasteiger partial charge in [0.1, 0.15) is 0 Å². The maximum Gasteiger partial charge on any atom is 0.244 e. The first-order valence-electron chi connectivity index (χ1n) is 9.30. The summed E-state index contributed by atoms with van der Waals surface area (Å²) < 4.78 is 1.71. The number of hydrogen-bond acceptors (Lipinski definition) is 5. The highest BCUT2D eigenvalue weighted by Crippen LogP contribution is 2.26. The molecular weight excluding hydrogens is 493 g/mol. The molecular formula is C21H18Cl3N5O2S. The third-order valence-corrected chi connectivity index (χ3v) is 6.12. The maximum atomic E-state index is 12.2. The molecule has 3 rings (SSSR count). The molecule has 11 heteroatoms. The van der Waals surface area contributed by atoms with E-state index >= 15 is 0 Å². The van der Waals surface area contributed by atoms with Gasteiger partial charge in [-0.3, -0.25) is 9.59 Å². The Morgan fingerprint density at radius 1 is 1.09 bits per heavy atom. The molecule has 3 aromatic rings. The summed E-state index contributed by atoms with van der Waals surface area (Å²) in [6, 6.07) is 12.1. The predicted molar refractivity (Wildman–Crippen MR) is 129 cm³/mol. The standard InChI is InChI=1S/C21H18Cl3N5O2S/c1-29-18(11-25-19(30)9-6-13-4-2-3-5-15(13)23)27-28-21(29)32-12-20(31)26-17-8-7-14(22)10-16(17)24/h2-10H,11-12H2,1H3,(H,25,30)(H,26,31)/b9-6+. The van der Waals surface area contributed by atoms with Crippen molar-refractivity contribution in [1.82, 2.24) is 20.1 Å². The predicted octanol–water partition coefficient (Wildman–Crippen LogP) is 4.84. The number of anilines is 1. The molecule has 1 aromatic heterocycles. The number of carbonyl (C=O) groups excluding carboxylic acids is 2. The molecule has 7 nitrogen and oxygen atoms in total. The van der Waals surface area contributed by atoms with Gasteiger partial charge in [0, 0.05) is 23.2 Å². The van der Waals surface area contributed by atoms with Crippen molar-refractivity contribution in [3.05, 3.63) is 75.0 Å². The zero-order valence-corrected chi connectivity index (χ0v) is 19.9. The second kappa shape index (κ2) is 11.4. The molecule has 0 aliphatic carbocycles. The van der Waals surface area contributed by atoms with Gasteiger partial charge >= 0.3 is 0 Å². The van der Waals surface area contributed by atoms with Gasteiger partial charge in [0.05, 0.1) is 23.0 Å². The zero-order valence-electron chi connectivity index (χ0n) is 16.8. The SMILES string of the molecule is Cn1c(CNC(=O)/C=C/c2ccccc2Cl)nnc1SCC(=O)Nc1ccc(Cl)cc1Cl. The molecule has 2 N–H and O–H groups in total. The van der Waals surface area contributed by atoms with E-state index < -0.39 is 0 Å². The topological polar surface area (TPSA) is 88.9 Å². The monoisotopic (exact) mass is 509 g/mol. The molecule has 0 spiro atoms. The van der Waals surface area contributed by atoms with E-state index in [4.69, 9.17) is 34.8 Å². The number of rotatable bonds is 8. The Kier molecular flexibility index (Phi) is 8.58. The maximum absolute atomic E-state index is 12.2. The minimum absolute atomic E-state index is 0.109. The van der Waals surface area contributed by atoms with E-state index in [1.165, 1.54) is 17.8 Å². The molecule has 0 bridgehead atoms. The lowest BCUT2D eigenvalue weighted by atomic mass is 10.2. The molecule has 0 unspecified atom stereocenters. The number of halogens is 3. The van der Waals surface area contributed by atoms with Gasteiger partial charge in [-0.05, 0) is 35.9 Å². The van der Waals surface area contributed by atoms with Crippen molar-refractivity contribution in [2.24, 2.45) is 7.05 Å². The lowest BCUT2D eigenvalue weighted by Crippen LogP contribution is -2.22. The van der Waals surface area contributed by atoms with Crippen LogP contribution in [0.5, 0.6) is 0 Å². The molecule has 0 aliphatic rings. The summed E-state index contributed by atoms with van der Waals surface area (Å²) in [7, 11) is 1.76. The van der Waals surface area contributed by atoms with E-state index in [9.17, 15) is 9.59 Å². The van der Waals surface area contributed by atoms with Crippen LogP contribution >= 0.6 is 46.6 Å². The third kappa shape index (κ3) is 6.74. The van der Waals surface area contributed by atoms with Crippen LogP contribution in [0.3, 0.4) is 0 Å². The molecule has 2 amide bonds. The molecule has 0 saturated carbocycles. The number of aromatic nitrogens is 3. The van der Waals surface area contributed by atoms with Gasteiger partial charge in [0.25, 0.3) is 0 Å². The Bertz CT molecular complexity index is 1170. The number of hydrogen-bond donors (Lipinski definition) is 2. The lowest BCUT2D eigenvalue weighted by molar-refractivity contribution is -0.116. The highest BCUT2D eigenvalue weighted by atomic mass is 35.5. The molecule has 0 aliphatic heterocycles. The summed E-state index contributed by atoms with van der Waals surface area (Å²) >= 11 is 19.2. The van der Waals surface area contributed by atoms with Crippen LogP contribution in [-0.2, 0) is 23.2 Å². The zero-order chi connectivity index (χ0) is 23.1. The highest BCUT2D eigenvalue weighted by molar-refractivity contribution is 7.99. The Labute approximate surface area is 204 Å². The molecule has 0 saturated heterocycles. The third-order valence-electron chi connectivity index (χ3n) is 4.20. The first-order chi connectivity index (χ1) is 15.3. The Morgan fingerprint density at radius 3 is 2.62 bits per heavy atom. The molecule has 0 fully saturated rings. The Hall–Kier alpha value is -2.52. The van der Waals surface area contributed by atoms with E-state index in [0.29, 0.717) is 31.7 Å². The first kappa shape index (κ1) is 24.1.